The first kappa shape index (κ1) is 15.7. The Hall–Kier alpha value is -0.280. The molecule has 0 radical (unpaired) electrons. The Kier molecular flexibility index (Phi) is 4.84. The quantitative estimate of drug-likeness (QED) is 0.823. The van der Waals surface area contributed by atoms with Crippen LogP contribution >= 0.6 is 12.4 Å². The molecule has 96 valence electrons. The molecule has 0 atom stereocenters. The first-order valence-corrected chi connectivity index (χ1v) is 5.66. The van der Waals surface area contributed by atoms with E-state index in [0.717, 1.165) is 13.1 Å². The molecule has 0 unspecified atom stereocenters. The lowest BCUT2D eigenvalue weighted by Crippen LogP contribution is -2.35. The van der Waals surface area contributed by atoms with E-state index in [1.807, 2.05) is 19.0 Å². The van der Waals surface area contributed by atoms with Crippen molar-refractivity contribution in [3.8, 4) is 0 Å². The van der Waals surface area contributed by atoms with Crippen LogP contribution in [0, 0.1) is 16.7 Å². The normalized spacial score (nSPS) is 21.1. The minimum atomic E-state index is 0. The van der Waals surface area contributed by atoms with E-state index in [0.29, 0.717) is 5.91 Å². The molecule has 0 heterocycles. The molecule has 1 saturated carbocycles. The standard InChI is InChI=1S/C12H24N2O.ClH/c1-11(2)9(12(11,3)4)10(15)14(6)8-7-13-5;/h9,13H,7-8H2,1-6H3;1H. The van der Waals surface area contributed by atoms with Crippen molar-refractivity contribution >= 4 is 18.3 Å². The molecule has 1 aliphatic carbocycles. The van der Waals surface area contributed by atoms with Gasteiger partial charge < -0.3 is 10.2 Å². The number of halogens is 1. The maximum Gasteiger partial charge on any atom is 0.226 e. The third-order valence-electron chi connectivity index (χ3n) is 4.34. The van der Waals surface area contributed by atoms with Gasteiger partial charge in [-0.2, -0.15) is 0 Å². The molecule has 0 spiro atoms. The number of carbonyl (C=O) groups excluding carboxylic acids is 1. The molecule has 0 aromatic carbocycles. The summed E-state index contributed by atoms with van der Waals surface area (Å²) in [5.41, 5.74) is 0.302. The Labute approximate surface area is 105 Å². The number of nitrogens with zero attached hydrogens (tertiary/aromatic N) is 1. The fraction of sp³-hybridized carbons (Fsp3) is 0.917. The maximum atomic E-state index is 12.1. The van der Waals surface area contributed by atoms with E-state index in [2.05, 4.69) is 33.0 Å². The number of likely N-dealkylation sites (N-methyl/N-ethyl adjacent to an activating group) is 2. The third kappa shape index (κ3) is 2.35. The van der Waals surface area contributed by atoms with Crippen LogP contribution in [-0.4, -0.2) is 38.0 Å². The highest BCUT2D eigenvalue weighted by molar-refractivity contribution is 5.85. The van der Waals surface area contributed by atoms with Crippen molar-refractivity contribution in [2.24, 2.45) is 16.7 Å². The Morgan fingerprint density at radius 1 is 1.25 bits per heavy atom. The zero-order chi connectivity index (χ0) is 11.9. The minimum Gasteiger partial charge on any atom is -0.344 e. The fourth-order valence-corrected chi connectivity index (χ4v) is 2.42. The van der Waals surface area contributed by atoms with Gasteiger partial charge in [-0.05, 0) is 17.9 Å². The Balaban J connectivity index is 0.00000225. The average molecular weight is 249 g/mol. The zero-order valence-corrected chi connectivity index (χ0v) is 12.1. The summed E-state index contributed by atoms with van der Waals surface area (Å²) in [6.45, 7) is 10.4. The van der Waals surface area contributed by atoms with E-state index in [1.165, 1.54) is 0 Å². The summed E-state index contributed by atoms with van der Waals surface area (Å²) in [6, 6.07) is 0. The van der Waals surface area contributed by atoms with Crippen LogP contribution in [0.25, 0.3) is 0 Å². The zero-order valence-electron chi connectivity index (χ0n) is 11.3. The van der Waals surface area contributed by atoms with E-state index in [1.54, 1.807) is 0 Å². The van der Waals surface area contributed by atoms with Crippen LogP contribution in [0.4, 0.5) is 0 Å². The van der Waals surface area contributed by atoms with Crippen LogP contribution < -0.4 is 5.32 Å². The van der Waals surface area contributed by atoms with Crippen LogP contribution in [0.3, 0.4) is 0 Å². The van der Waals surface area contributed by atoms with Crippen molar-refractivity contribution in [3.63, 3.8) is 0 Å². The Morgan fingerprint density at radius 3 is 2.00 bits per heavy atom. The number of hydrogen-bond donors (Lipinski definition) is 1. The SMILES string of the molecule is CNCCN(C)C(=O)C1C(C)(C)C1(C)C.Cl. The second kappa shape index (κ2) is 4.92. The summed E-state index contributed by atoms with van der Waals surface area (Å²) >= 11 is 0. The number of rotatable bonds is 4. The molecule has 1 fully saturated rings. The molecule has 1 N–H and O–H groups in total. The molecule has 0 aromatic heterocycles. The van der Waals surface area contributed by atoms with Crippen LogP contribution in [-0.2, 0) is 4.79 Å². The molecule has 0 aromatic rings. The van der Waals surface area contributed by atoms with Crippen LogP contribution in [0.5, 0.6) is 0 Å². The average Bonchev–Trinajstić information content (AvgIpc) is 2.52. The molecule has 0 bridgehead atoms. The predicted octanol–water partition coefficient (Wildman–Crippen LogP) is 1.77. The summed E-state index contributed by atoms with van der Waals surface area (Å²) in [5.74, 6) is 0.479. The first-order valence-electron chi connectivity index (χ1n) is 5.66. The number of hydrogen-bond acceptors (Lipinski definition) is 2. The van der Waals surface area contributed by atoms with Gasteiger partial charge in [0.25, 0.3) is 0 Å². The molecule has 1 amide bonds. The molecule has 1 rings (SSSR count). The van der Waals surface area contributed by atoms with E-state index in [9.17, 15) is 4.79 Å². The molecular weight excluding hydrogens is 224 g/mol. The van der Waals surface area contributed by atoms with E-state index < -0.39 is 0 Å². The van der Waals surface area contributed by atoms with Crippen molar-refractivity contribution in [1.29, 1.82) is 0 Å². The lowest BCUT2D eigenvalue weighted by molar-refractivity contribution is -0.132. The molecule has 16 heavy (non-hydrogen) atoms. The van der Waals surface area contributed by atoms with E-state index in [-0.39, 0.29) is 29.2 Å². The summed E-state index contributed by atoms with van der Waals surface area (Å²) in [6.07, 6.45) is 0. The van der Waals surface area contributed by atoms with Gasteiger partial charge >= 0.3 is 0 Å². The molecule has 3 nitrogen and oxygen atoms in total. The van der Waals surface area contributed by atoms with Gasteiger partial charge in [0.05, 0.1) is 0 Å². The number of amides is 1. The summed E-state index contributed by atoms with van der Waals surface area (Å²) < 4.78 is 0. The molecule has 1 aliphatic rings. The largest absolute Gasteiger partial charge is 0.344 e. The smallest absolute Gasteiger partial charge is 0.226 e. The molecule has 4 heteroatoms. The number of nitrogens with one attached hydrogen (secondary N) is 1. The monoisotopic (exact) mass is 248 g/mol. The fourth-order valence-electron chi connectivity index (χ4n) is 2.42. The van der Waals surface area contributed by atoms with Gasteiger partial charge in [-0.25, -0.2) is 0 Å². The van der Waals surface area contributed by atoms with E-state index in [4.69, 9.17) is 0 Å². The van der Waals surface area contributed by atoms with Crippen LogP contribution in [0.2, 0.25) is 0 Å². The van der Waals surface area contributed by atoms with Crippen molar-refractivity contribution in [2.45, 2.75) is 27.7 Å². The summed E-state index contributed by atoms with van der Waals surface area (Å²) in [4.78, 5) is 14.0. The van der Waals surface area contributed by atoms with Gasteiger partial charge in [0.1, 0.15) is 0 Å². The van der Waals surface area contributed by atoms with Gasteiger partial charge in [-0.15, -0.1) is 12.4 Å². The summed E-state index contributed by atoms with van der Waals surface area (Å²) in [7, 11) is 3.80. The third-order valence-corrected chi connectivity index (χ3v) is 4.34. The van der Waals surface area contributed by atoms with Gasteiger partial charge in [-0.3, -0.25) is 4.79 Å². The summed E-state index contributed by atoms with van der Waals surface area (Å²) in [5, 5.41) is 3.06. The van der Waals surface area contributed by atoms with Crippen LogP contribution in [0.15, 0.2) is 0 Å². The second-order valence-electron chi connectivity index (χ2n) is 5.74. The maximum absolute atomic E-state index is 12.1. The lowest BCUT2D eigenvalue weighted by Gasteiger charge is -2.18. The molecule has 0 aliphatic heterocycles. The minimum absolute atomic E-state index is 0. The Morgan fingerprint density at radius 2 is 1.69 bits per heavy atom. The molecular formula is C12H25ClN2O. The van der Waals surface area contributed by atoms with E-state index >= 15 is 0 Å². The van der Waals surface area contributed by atoms with Gasteiger partial charge in [0, 0.05) is 26.1 Å². The Bertz CT molecular complexity index is 250. The van der Waals surface area contributed by atoms with Crippen LogP contribution in [0.1, 0.15) is 27.7 Å². The van der Waals surface area contributed by atoms with Crippen molar-refractivity contribution < 1.29 is 4.79 Å². The second-order valence-corrected chi connectivity index (χ2v) is 5.74. The van der Waals surface area contributed by atoms with Gasteiger partial charge in [0.15, 0.2) is 0 Å². The molecule has 0 saturated heterocycles. The van der Waals surface area contributed by atoms with Crippen molar-refractivity contribution in [3.05, 3.63) is 0 Å². The van der Waals surface area contributed by atoms with Gasteiger partial charge in [-0.1, -0.05) is 27.7 Å². The highest BCUT2D eigenvalue weighted by atomic mass is 35.5. The van der Waals surface area contributed by atoms with Crippen molar-refractivity contribution in [1.82, 2.24) is 10.2 Å². The van der Waals surface area contributed by atoms with Gasteiger partial charge in [0.2, 0.25) is 5.91 Å². The van der Waals surface area contributed by atoms with Crippen molar-refractivity contribution in [2.75, 3.05) is 27.2 Å². The highest BCUT2D eigenvalue weighted by Crippen LogP contribution is 2.68. The first-order chi connectivity index (χ1) is 6.76. The highest BCUT2D eigenvalue weighted by Gasteiger charge is 2.68. The number of carbonyl (C=O) groups is 1. The lowest BCUT2D eigenvalue weighted by atomic mass is 10.0. The topological polar surface area (TPSA) is 32.3 Å². The predicted molar refractivity (Wildman–Crippen MR) is 69.9 cm³/mol.